The van der Waals surface area contributed by atoms with Crippen molar-refractivity contribution in [2.75, 3.05) is 11.9 Å². The number of benzene rings is 1. The Labute approximate surface area is 116 Å². The topological polar surface area (TPSA) is 55.4 Å². The Morgan fingerprint density at radius 1 is 1.40 bits per heavy atom. The van der Waals surface area contributed by atoms with E-state index in [1.807, 2.05) is 0 Å². The molecule has 0 aromatic heterocycles. The Morgan fingerprint density at radius 2 is 2.25 bits per heavy atom. The molecule has 1 aromatic carbocycles. The molecule has 0 bridgehead atoms. The second-order valence-electron chi connectivity index (χ2n) is 5.30. The van der Waals surface area contributed by atoms with Crippen molar-refractivity contribution < 1.29 is 18.7 Å². The summed E-state index contributed by atoms with van der Waals surface area (Å²) in [5, 5.41) is 2.63. The third-order valence-corrected chi connectivity index (χ3v) is 3.83. The Bertz CT molecular complexity index is 564. The molecule has 0 radical (unpaired) electrons. The number of halogens is 1. The molecule has 0 spiro atoms. The Hall–Kier alpha value is -1.75. The van der Waals surface area contributed by atoms with Crippen LogP contribution in [0.2, 0.25) is 0 Å². The van der Waals surface area contributed by atoms with Crippen LogP contribution in [-0.4, -0.2) is 24.4 Å². The molecule has 4 nitrogen and oxygen atoms in total. The molecular formula is C15H16FNO3. The summed E-state index contributed by atoms with van der Waals surface area (Å²) in [5.74, 6) is -0.918. The van der Waals surface area contributed by atoms with Gasteiger partial charge in [0.2, 0.25) is 5.91 Å². The molecule has 1 fully saturated rings. The van der Waals surface area contributed by atoms with Gasteiger partial charge in [0.15, 0.2) is 5.78 Å². The van der Waals surface area contributed by atoms with Gasteiger partial charge in [-0.1, -0.05) is 0 Å². The van der Waals surface area contributed by atoms with Crippen molar-refractivity contribution in [2.24, 2.45) is 0 Å². The lowest BCUT2D eigenvalue weighted by Crippen LogP contribution is -2.20. The van der Waals surface area contributed by atoms with Crippen LogP contribution in [0.15, 0.2) is 12.1 Å². The van der Waals surface area contributed by atoms with Gasteiger partial charge in [-0.2, -0.15) is 0 Å². The lowest BCUT2D eigenvalue weighted by atomic mass is 9.96. The molecule has 1 N–H and O–H groups in total. The summed E-state index contributed by atoms with van der Waals surface area (Å²) in [5.41, 5.74) is 1.41. The number of anilines is 1. The molecule has 20 heavy (non-hydrogen) atoms. The van der Waals surface area contributed by atoms with Gasteiger partial charge in [0.25, 0.3) is 0 Å². The van der Waals surface area contributed by atoms with E-state index in [9.17, 15) is 14.0 Å². The lowest BCUT2D eigenvalue weighted by Gasteiger charge is -2.18. The Balaban J connectivity index is 1.82. The number of aryl methyl sites for hydroxylation is 1. The fourth-order valence-corrected chi connectivity index (χ4v) is 2.74. The summed E-state index contributed by atoms with van der Waals surface area (Å²) in [6.45, 7) is 0.677. The van der Waals surface area contributed by atoms with Gasteiger partial charge in [-0.05, 0) is 37.0 Å². The SMILES string of the molecule is O=C1CCc2cc(C(=O)CC3CCCO3)c(F)cc2N1. The third-order valence-electron chi connectivity index (χ3n) is 3.83. The molecule has 3 rings (SSSR count). The molecule has 5 heteroatoms. The summed E-state index contributed by atoms with van der Waals surface area (Å²) < 4.78 is 19.4. The first kappa shape index (κ1) is 13.2. The molecule has 2 heterocycles. The molecule has 1 aromatic rings. The van der Waals surface area contributed by atoms with E-state index in [-0.39, 0.29) is 29.8 Å². The molecule has 1 amide bonds. The van der Waals surface area contributed by atoms with E-state index in [0.717, 1.165) is 18.4 Å². The first-order valence-electron chi connectivity index (χ1n) is 6.90. The summed E-state index contributed by atoms with van der Waals surface area (Å²) in [6.07, 6.45) is 2.87. The minimum atomic E-state index is -0.575. The van der Waals surface area contributed by atoms with Crippen LogP contribution in [0.25, 0.3) is 0 Å². The first-order chi connectivity index (χ1) is 9.63. The van der Waals surface area contributed by atoms with Crippen LogP contribution in [0, 0.1) is 5.82 Å². The van der Waals surface area contributed by atoms with Crippen LogP contribution in [0.5, 0.6) is 0 Å². The van der Waals surface area contributed by atoms with Crippen LogP contribution in [0.4, 0.5) is 10.1 Å². The van der Waals surface area contributed by atoms with Gasteiger partial charge in [0.05, 0.1) is 11.7 Å². The molecule has 2 aliphatic rings. The average molecular weight is 277 g/mol. The first-order valence-corrected chi connectivity index (χ1v) is 6.90. The van der Waals surface area contributed by atoms with Crippen LogP contribution < -0.4 is 5.32 Å². The number of ether oxygens (including phenoxy) is 1. The smallest absolute Gasteiger partial charge is 0.224 e. The molecule has 0 saturated carbocycles. The molecule has 106 valence electrons. The zero-order valence-corrected chi connectivity index (χ0v) is 11.1. The number of nitrogens with one attached hydrogen (secondary N) is 1. The predicted molar refractivity (Wildman–Crippen MR) is 71.3 cm³/mol. The Morgan fingerprint density at radius 3 is 3.00 bits per heavy atom. The van der Waals surface area contributed by atoms with E-state index in [4.69, 9.17) is 4.74 Å². The van der Waals surface area contributed by atoms with Crippen LogP contribution in [0.1, 0.15) is 41.6 Å². The highest BCUT2D eigenvalue weighted by atomic mass is 19.1. The zero-order chi connectivity index (χ0) is 14.1. The second-order valence-corrected chi connectivity index (χ2v) is 5.30. The summed E-state index contributed by atoms with van der Waals surface area (Å²) in [6, 6.07) is 2.82. The largest absolute Gasteiger partial charge is 0.378 e. The fraction of sp³-hybridized carbons (Fsp3) is 0.467. The molecule has 1 saturated heterocycles. The maximum Gasteiger partial charge on any atom is 0.224 e. The van der Waals surface area contributed by atoms with Gasteiger partial charge in [-0.15, -0.1) is 0 Å². The van der Waals surface area contributed by atoms with E-state index in [2.05, 4.69) is 5.32 Å². The number of carbonyl (C=O) groups is 2. The minimum absolute atomic E-state index is 0.0855. The van der Waals surface area contributed by atoms with Gasteiger partial charge >= 0.3 is 0 Å². The monoisotopic (exact) mass is 277 g/mol. The van der Waals surface area contributed by atoms with E-state index < -0.39 is 5.82 Å². The number of hydrogen-bond donors (Lipinski definition) is 1. The van der Waals surface area contributed by atoms with E-state index >= 15 is 0 Å². The highest BCUT2D eigenvalue weighted by Gasteiger charge is 2.24. The van der Waals surface area contributed by atoms with E-state index in [0.29, 0.717) is 25.1 Å². The number of fused-ring (bicyclic) bond motifs is 1. The minimum Gasteiger partial charge on any atom is -0.378 e. The lowest BCUT2D eigenvalue weighted by molar-refractivity contribution is -0.116. The average Bonchev–Trinajstić information content (AvgIpc) is 2.90. The summed E-state index contributed by atoms with van der Waals surface area (Å²) in [4.78, 5) is 23.4. The van der Waals surface area contributed by atoms with Crippen molar-refractivity contribution in [1.82, 2.24) is 0 Å². The highest BCUT2D eigenvalue weighted by molar-refractivity contribution is 5.99. The zero-order valence-electron chi connectivity index (χ0n) is 11.1. The van der Waals surface area contributed by atoms with Crippen molar-refractivity contribution in [3.63, 3.8) is 0 Å². The van der Waals surface area contributed by atoms with Crippen molar-refractivity contribution in [1.29, 1.82) is 0 Å². The number of rotatable bonds is 3. The summed E-state index contributed by atoms with van der Waals surface area (Å²) >= 11 is 0. The maximum atomic E-state index is 14.0. The number of amides is 1. The van der Waals surface area contributed by atoms with Crippen molar-refractivity contribution in [3.05, 3.63) is 29.1 Å². The molecule has 2 aliphatic heterocycles. The van der Waals surface area contributed by atoms with Gasteiger partial charge in [0, 0.05) is 25.1 Å². The number of carbonyl (C=O) groups excluding carboxylic acids is 2. The van der Waals surface area contributed by atoms with Crippen molar-refractivity contribution in [2.45, 2.75) is 38.2 Å². The molecule has 1 atom stereocenters. The summed E-state index contributed by atoms with van der Waals surface area (Å²) in [7, 11) is 0. The number of Topliss-reactive ketones (excluding diaryl/α,β-unsaturated/α-hetero) is 1. The third kappa shape index (κ3) is 2.58. The predicted octanol–water partition coefficient (Wildman–Crippen LogP) is 2.46. The van der Waals surface area contributed by atoms with Crippen molar-refractivity contribution >= 4 is 17.4 Å². The van der Waals surface area contributed by atoms with Gasteiger partial charge in [-0.25, -0.2) is 4.39 Å². The van der Waals surface area contributed by atoms with Gasteiger partial charge in [-0.3, -0.25) is 9.59 Å². The van der Waals surface area contributed by atoms with Gasteiger partial charge < -0.3 is 10.1 Å². The van der Waals surface area contributed by atoms with Crippen molar-refractivity contribution in [3.8, 4) is 0 Å². The molecule has 0 aliphatic carbocycles. The normalized spacial score (nSPS) is 21.4. The fourth-order valence-electron chi connectivity index (χ4n) is 2.74. The highest BCUT2D eigenvalue weighted by Crippen LogP contribution is 2.27. The van der Waals surface area contributed by atoms with Crippen LogP contribution in [-0.2, 0) is 16.0 Å². The standard InChI is InChI=1S/C15H16FNO3/c16-12-8-13-9(3-4-15(19)17-13)6-11(12)14(18)7-10-2-1-5-20-10/h6,8,10H,1-5,7H2,(H,17,19). The molecular weight excluding hydrogens is 261 g/mol. The van der Waals surface area contributed by atoms with Crippen LogP contribution in [0.3, 0.4) is 0 Å². The maximum absolute atomic E-state index is 14.0. The van der Waals surface area contributed by atoms with E-state index in [1.165, 1.54) is 6.07 Å². The van der Waals surface area contributed by atoms with Crippen LogP contribution >= 0.6 is 0 Å². The Kier molecular flexibility index (Phi) is 3.53. The van der Waals surface area contributed by atoms with Gasteiger partial charge in [0.1, 0.15) is 5.82 Å². The number of hydrogen-bond acceptors (Lipinski definition) is 3. The quantitative estimate of drug-likeness (QED) is 0.863. The van der Waals surface area contributed by atoms with E-state index in [1.54, 1.807) is 6.07 Å². The number of ketones is 1. The second kappa shape index (κ2) is 5.32. The molecule has 1 unspecified atom stereocenters.